The Morgan fingerprint density at radius 3 is 2.19 bits per heavy atom. The van der Waals surface area contributed by atoms with Gasteiger partial charge in [-0.15, -0.1) is 11.8 Å². The maximum Gasteiger partial charge on any atom is 0.241 e. The van der Waals surface area contributed by atoms with E-state index < -0.39 is 0 Å². The van der Waals surface area contributed by atoms with Crippen LogP contribution in [0.25, 0.3) is 0 Å². The van der Waals surface area contributed by atoms with Gasteiger partial charge in [-0.25, -0.2) is 0 Å². The number of nitrogens with one attached hydrogen (secondary N) is 1. The summed E-state index contributed by atoms with van der Waals surface area (Å²) in [6.07, 6.45) is 0. The molecule has 0 radical (unpaired) electrons. The Balaban J connectivity index is 1.99. The highest BCUT2D eigenvalue weighted by atomic mass is 35.5. The standard InChI is InChI=1S/C21H25ClN2O2S/c1-3-24(4-2)20(26)14-23-19(25)15-27-21(16-8-6-5-7-9-16)17-10-12-18(22)13-11-17/h5-13,21H,3-4,14-15H2,1-2H3,(H,23,25). The molecule has 2 amide bonds. The second-order valence-electron chi connectivity index (χ2n) is 6.00. The molecule has 2 aromatic rings. The van der Waals surface area contributed by atoms with Crippen molar-refractivity contribution in [1.82, 2.24) is 10.2 Å². The molecule has 6 heteroatoms. The number of nitrogens with zero attached hydrogens (tertiary/aromatic N) is 1. The first-order valence-electron chi connectivity index (χ1n) is 9.01. The van der Waals surface area contributed by atoms with Crippen LogP contribution in [0.5, 0.6) is 0 Å². The summed E-state index contributed by atoms with van der Waals surface area (Å²) in [5.41, 5.74) is 2.21. The summed E-state index contributed by atoms with van der Waals surface area (Å²) >= 11 is 7.54. The minimum atomic E-state index is -0.143. The van der Waals surface area contributed by atoms with Gasteiger partial charge in [0, 0.05) is 18.1 Å². The second kappa shape index (κ2) is 11.0. The maximum atomic E-state index is 12.2. The average molecular weight is 405 g/mol. The van der Waals surface area contributed by atoms with E-state index in [1.165, 1.54) is 11.8 Å². The van der Waals surface area contributed by atoms with Crippen LogP contribution in [0.15, 0.2) is 54.6 Å². The number of benzene rings is 2. The molecule has 0 aliphatic heterocycles. The minimum absolute atomic E-state index is 0.0210. The van der Waals surface area contributed by atoms with Crippen LogP contribution in [0.1, 0.15) is 30.2 Å². The molecular weight excluding hydrogens is 380 g/mol. The van der Waals surface area contributed by atoms with Crippen molar-refractivity contribution in [2.45, 2.75) is 19.1 Å². The SMILES string of the molecule is CCN(CC)C(=O)CNC(=O)CSC(c1ccccc1)c1ccc(Cl)cc1. The van der Waals surface area contributed by atoms with Crippen molar-refractivity contribution in [3.05, 3.63) is 70.7 Å². The van der Waals surface area contributed by atoms with Crippen molar-refractivity contribution >= 4 is 35.2 Å². The van der Waals surface area contributed by atoms with Gasteiger partial charge in [0.15, 0.2) is 0 Å². The molecule has 0 aromatic heterocycles. The van der Waals surface area contributed by atoms with E-state index in [-0.39, 0.29) is 29.4 Å². The molecule has 0 spiro atoms. The molecule has 2 rings (SSSR count). The van der Waals surface area contributed by atoms with Crippen molar-refractivity contribution < 1.29 is 9.59 Å². The number of carbonyl (C=O) groups excluding carboxylic acids is 2. The molecule has 27 heavy (non-hydrogen) atoms. The summed E-state index contributed by atoms with van der Waals surface area (Å²) in [6.45, 7) is 5.18. The predicted molar refractivity (Wildman–Crippen MR) is 113 cm³/mol. The first-order chi connectivity index (χ1) is 13.0. The largest absolute Gasteiger partial charge is 0.346 e. The number of rotatable bonds is 9. The van der Waals surface area contributed by atoms with Gasteiger partial charge in [0.2, 0.25) is 11.8 Å². The zero-order valence-electron chi connectivity index (χ0n) is 15.7. The minimum Gasteiger partial charge on any atom is -0.346 e. The first-order valence-corrected chi connectivity index (χ1v) is 10.4. The molecule has 1 unspecified atom stereocenters. The Kier molecular flexibility index (Phi) is 8.69. The fourth-order valence-corrected chi connectivity index (χ4v) is 3.97. The molecule has 0 heterocycles. The number of likely N-dealkylation sites (N-methyl/N-ethyl adjacent to an activating group) is 1. The van der Waals surface area contributed by atoms with E-state index in [0.717, 1.165) is 11.1 Å². The van der Waals surface area contributed by atoms with Crippen LogP contribution in [0, 0.1) is 0 Å². The van der Waals surface area contributed by atoms with Crippen LogP contribution in [-0.2, 0) is 9.59 Å². The van der Waals surface area contributed by atoms with Crippen molar-refractivity contribution in [3.8, 4) is 0 Å². The predicted octanol–water partition coefficient (Wildman–Crippen LogP) is 4.15. The van der Waals surface area contributed by atoms with E-state index in [4.69, 9.17) is 11.6 Å². The third-order valence-corrected chi connectivity index (χ3v) is 5.77. The average Bonchev–Trinajstić information content (AvgIpc) is 2.69. The summed E-state index contributed by atoms with van der Waals surface area (Å²) in [5.74, 6) is 0.0688. The zero-order valence-corrected chi connectivity index (χ0v) is 17.2. The van der Waals surface area contributed by atoms with Gasteiger partial charge in [-0.2, -0.15) is 0 Å². The highest BCUT2D eigenvalue weighted by Crippen LogP contribution is 2.35. The molecule has 0 saturated carbocycles. The fourth-order valence-electron chi connectivity index (χ4n) is 2.72. The number of hydrogen-bond donors (Lipinski definition) is 1. The lowest BCUT2D eigenvalue weighted by molar-refractivity contribution is -0.132. The van der Waals surface area contributed by atoms with E-state index in [1.807, 2.05) is 68.4 Å². The van der Waals surface area contributed by atoms with Crippen LogP contribution in [0.4, 0.5) is 0 Å². The van der Waals surface area contributed by atoms with E-state index >= 15 is 0 Å². The lowest BCUT2D eigenvalue weighted by Gasteiger charge is -2.20. The summed E-state index contributed by atoms with van der Waals surface area (Å²) in [4.78, 5) is 26.0. The lowest BCUT2D eigenvalue weighted by Crippen LogP contribution is -2.40. The molecule has 2 aromatic carbocycles. The van der Waals surface area contributed by atoms with Crippen LogP contribution in [0.2, 0.25) is 5.02 Å². The van der Waals surface area contributed by atoms with E-state index in [0.29, 0.717) is 18.1 Å². The molecule has 0 saturated heterocycles. The number of carbonyl (C=O) groups is 2. The Morgan fingerprint density at radius 2 is 1.59 bits per heavy atom. The van der Waals surface area contributed by atoms with Gasteiger partial charge in [-0.1, -0.05) is 54.1 Å². The Bertz CT molecular complexity index is 734. The third-order valence-electron chi connectivity index (χ3n) is 4.21. The van der Waals surface area contributed by atoms with Gasteiger partial charge in [0.25, 0.3) is 0 Å². The smallest absolute Gasteiger partial charge is 0.241 e. The van der Waals surface area contributed by atoms with E-state index in [2.05, 4.69) is 5.32 Å². The molecule has 0 aliphatic rings. The molecule has 0 fully saturated rings. The molecule has 0 bridgehead atoms. The van der Waals surface area contributed by atoms with Gasteiger partial charge in [0.05, 0.1) is 17.5 Å². The van der Waals surface area contributed by atoms with Gasteiger partial charge < -0.3 is 10.2 Å². The molecular formula is C21H25ClN2O2S. The fraction of sp³-hybridized carbons (Fsp3) is 0.333. The normalized spacial score (nSPS) is 11.7. The van der Waals surface area contributed by atoms with Gasteiger partial charge in [0.1, 0.15) is 0 Å². The number of thioether (sulfide) groups is 1. The lowest BCUT2D eigenvalue weighted by atomic mass is 10.0. The third kappa shape index (κ3) is 6.60. The van der Waals surface area contributed by atoms with Crippen molar-refractivity contribution in [1.29, 1.82) is 0 Å². The summed E-state index contributed by atoms with van der Waals surface area (Å²) in [7, 11) is 0. The summed E-state index contributed by atoms with van der Waals surface area (Å²) in [5, 5.41) is 3.43. The van der Waals surface area contributed by atoms with Crippen molar-refractivity contribution in [2.24, 2.45) is 0 Å². The molecule has 144 valence electrons. The molecule has 1 N–H and O–H groups in total. The summed E-state index contributed by atoms with van der Waals surface area (Å²) in [6, 6.07) is 17.7. The van der Waals surface area contributed by atoms with Crippen LogP contribution in [0.3, 0.4) is 0 Å². The number of halogens is 1. The molecule has 1 atom stereocenters. The number of amides is 2. The number of hydrogen-bond acceptors (Lipinski definition) is 3. The first kappa shape index (κ1) is 21.3. The Hall–Kier alpha value is -1.98. The monoisotopic (exact) mass is 404 g/mol. The van der Waals surface area contributed by atoms with Crippen molar-refractivity contribution in [2.75, 3.05) is 25.4 Å². The highest BCUT2D eigenvalue weighted by Gasteiger charge is 2.17. The quantitative estimate of drug-likeness (QED) is 0.683. The highest BCUT2D eigenvalue weighted by molar-refractivity contribution is 8.00. The zero-order chi connectivity index (χ0) is 19.6. The van der Waals surface area contributed by atoms with Crippen LogP contribution < -0.4 is 5.32 Å². The van der Waals surface area contributed by atoms with E-state index in [9.17, 15) is 9.59 Å². The van der Waals surface area contributed by atoms with Crippen molar-refractivity contribution in [3.63, 3.8) is 0 Å². The Labute approximate surface area is 170 Å². The topological polar surface area (TPSA) is 49.4 Å². The summed E-state index contributed by atoms with van der Waals surface area (Å²) < 4.78 is 0. The second-order valence-corrected chi connectivity index (χ2v) is 7.53. The molecule has 0 aliphatic carbocycles. The van der Waals surface area contributed by atoms with Crippen LogP contribution >= 0.6 is 23.4 Å². The van der Waals surface area contributed by atoms with E-state index in [1.54, 1.807) is 4.90 Å². The van der Waals surface area contributed by atoms with Crippen LogP contribution in [-0.4, -0.2) is 42.1 Å². The molecule has 4 nitrogen and oxygen atoms in total. The van der Waals surface area contributed by atoms with Gasteiger partial charge in [-0.05, 0) is 37.1 Å². The maximum absolute atomic E-state index is 12.2. The van der Waals surface area contributed by atoms with Gasteiger partial charge in [-0.3, -0.25) is 9.59 Å². The Morgan fingerprint density at radius 1 is 1.00 bits per heavy atom. The van der Waals surface area contributed by atoms with Gasteiger partial charge >= 0.3 is 0 Å².